The van der Waals surface area contributed by atoms with Crippen molar-refractivity contribution >= 4 is 11.4 Å². The fourth-order valence-corrected chi connectivity index (χ4v) is 2.49. The molecular formula is C27H30N2O6. The minimum Gasteiger partial charge on any atom is -0.508 e. The van der Waals surface area contributed by atoms with Gasteiger partial charge in [-0.25, -0.2) is 0 Å². The number of phenols is 4. The number of benzene rings is 4. The van der Waals surface area contributed by atoms with Crippen molar-refractivity contribution in [3.63, 3.8) is 0 Å². The zero-order valence-corrected chi connectivity index (χ0v) is 19.6. The topological polar surface area (TPSA) is 151 Å². The summed E-state index contributed by atoms with van der Waals surface area (Å²) in [5.74, 6) is 2.64. The number of aromatic hydroxyl groups is 4. The summed E-state index contributed by atoms with van der Waals surface area (Å²) in [6.07, 6.45) is 1.25. The highest BCUT2D eigenvalue weighted by atomic mass is 16.5. The van der Waals surface area contributed by atoms with Crippen molar-refractivity contribution in [2.75, 3.05) is 11.5 Å². The van der Waals surface area contributed by atoms with E-state index in [4.69, 9.17) is 31.2 Å². The van der Waals surface area contributed by atoms with Crippen molar-refractivity contribution in [3.05, 3.63) is 84.9 Å². The van der Waals surface area contributed by atoms with Gasteiger partial charge < -0.3 is 41.4 Å². The lowest BCUT2D eigenvalue weighted by molar-refractivity contribution is 0.460. The summed E-state index contributed by atoms with van der Waals surface area (Å²) in [7, 11) is 0. The molecule has 0 fully saturated rings. The standard InChI is InChI=1S/2C12H11NO3.C3H8/c2*13-11-7-10(5-6-12(11)15)16-9-3-1-8(14)2-4-9;1-3-2/h2*1-7,14-15H,13H2;3H2,1-2H3. The number of nitrogen functional groups attached to an aromatic ring is 2. The van der Waals surface area contributed by atoms with Gasteiger partial charge in [-0.05, 0) is 72.8 Å². The van der Waals surface area contributed by atoms with Gasteiger partial charge in [0.15, 0.2) is 0 Å². The second kappa shape index (κ2) is 13.1. The minimum absolute atomic E-state index is 0.0260. The average Bonchev–Trinajstić information content (AvgIpc) is 2.83. The Labute approximate surface area is 204 Å². The van der Waals surface area contributed by atoms with Gasteiger partial charge in [0.05, 0.1) is 11.4 Å². The number of phenolic OH excluding ortho intramolecular Hbond substituents is 4. The zero-order chi connectivity index (χ0) is 25.8. The van der Waals surface area contributed by atoms with Gasteiger partial charge in [0.25, 0.3) is 0 Å². The highest BCUT2D eigenvalue weighted by molar-refractivity contribution is 5.56. The summed E-state index contributed by atoms with van der Waals surface area (Å²) in [5, 5.41) is 36.7. The number of anilines is 2. The molecule has 184 valence electrons. The lowest BCUT2D eigenvalue weighted by Gasteiger charge is -2.07. The van der Waals surface area contributed by atoms with Gasteiger partial charge in [-0.3, -0.25) is 0 Å². The Morgan fingerprint density at radius 3 is 1.09 bits per heavy atom. The van der Waals surface area contributed by atoms with Crippen LogP contribution in [0.5, 0.6) is 46.0 Å². The fraction of sp³-hybridized carbons (Fsp3) is 0.111. The molecule has 0 saturated carbocycles. The van der Waals surface area contributed by atoms with E-state index in [0.717, 1.165) is 0 Å². The van der Waals surface area contributed by atoms with E-state index < -0.39 is 0 Å². The van der Waals surface area contributed by atoms with E-state index in [1.165, 1.54) is 55.0 Å². The van der Waals surface area contributed by atoms with E-state index in [0.29, 0.717) is 23.0 Å². The molecule has 0 atom stereocenters. The number of ether oxygens (including phenoxy) is 2. The van der Waals surface area contributed by atoms with Crippen LogP contribution in [0.25, 0.3) is 0 Å². The van der Waals surface area contributed by atoms with Crippen LogP contribution in [0, 0.1) is 0 Å². The maximum absolute atomic E-state index is 9.23. The smallest absolute Gasteiger partial charge is 0.138 e. The van der Waals surface area contributed by atoms with Gasteiger partial charge in [-0.15, -0.1) is 0 Å². The van der Waals surface area contributed by atoms with Gasteiger partial charge in [0, 0.05) is 12.1 Å². The van der Waals surface area contributed by atoms with Crippen LogP contribution in [0.1, 0.15) is 20.3 Å². The number of nitrogens with two attached hydrogens (primary N) is 2. The molecule has 4 aromatic carbocycles. The lowest BCUT2D eigenvalue weighted by atomic mass is 10.3. The van der Waals surface area contributed by atoms with E-state index >= 15 is 0 Å². The molecule has 0 heterocycles. The molecule has 4 rings (SSSR count). The molecule has 0 aliphatic rings. The van der Waals surface area contributed by atoms with E-state index in [-0.39, 0.29) is 34.4 Å². The van der Waals surface area contributed by atoms with Gasteiger partial charge in [-0.2, -0.15) is 0 Å². The first kappa shape index (κ1) is 26.5. The minimum atomic E-state index is 0.0260. The maximum Gasteiger partial charge on any atom is 0.138 e. The summed E-state index contributed by atoms with van der Waals surface area (Å²) in [6.45, 7) is 4.25. The van der Waals surface area contributed by atoms with Crippen LogP contribution in [0.4, 0.5) is 11.4 Å². The molecule has 8 N–H and O–H groups in total. The largest absolute Gasteiger partial charge is 0.508 e. The first-order chi connectivity index (χ1) is 16.7. The lowest BCUT2D eigenvalue weighted by Crippen LogP contribution is -1.88. The van der Waals surface area contributed by atoms with Crippen molar-refractivity contribution in [1.82, 2.24) is 0 Å². The molecule has 4 aromatic rings. The Morgan fingerprint density at radius 2 is 0.800 bits per heavy atom. The normalized spacial score (nSPS) is 9.66. The highest BCUT2D eigenvalue weighted by Crippen LogP contribution is 2.30. The monoisotopic (exact) mass is 478 g/mol. The Balaban J connectivity index is 0.000000222. The molecule has 8 nitrogen and oxygen atoms in total. The van der Waals surface area contributed by atoms with Crippen molar-refractivity contribution < 1.29 is 29.9 Å². The number of hydrogen-bond donors (Lipinski definition) is 6. The molecule has 35 heavy (non-hydrogen) atoms. The van der Waals surface area contributed by atoms with Crippen molar-refractivity contribution in [3.8, 4) is 46.0 Å². The fourth-order valence-electron chi connectivity index (χ4n) is 2.49. The summed E-state index contributed by atoms with van der Waals surface area (Å²) < 4.78 is 10.9. The Kier molecular flexibility index (Phi) is 9.93. The summed E-state index contributed by atoms with van der Waals surface area (Å²) in [6, 6.07) is 21.9. The Hall–Kier alpha value is -4.72. The van der Waals surface area contributed by atoms with Crippen LogP contribution in [0.3, 0.4) is 0 Å². The third kappa shape index (κ3) is 8.97. The second-order valence-electron chi connectivity index (χ2n) is 7.34. The SMILES string of the molecule is CCC.Nc1cc(Oc2ccc(O)cc2)ccc1O.Nc1cc(Oc2ccc(O)cc2)ccc1O. The van der Waals surface area contributed by atoms with E-state index in [2.05, 4.69) is 13.8 Å². The third-order valence-corrected chi connectivity index (χ3v) is 4.14. The van der Waals surface area contributed by atoms with Gasteiger partial charge in [0.2, 0.25) is 0 Å². The predicted molar refractivity (Wildman–Crippen MR) is 137 cm³/mol. The molecule has 0 radical (unpaired) electrons. The molecule has 0 saturated heterocycles. The van der Waals surface area contributed by atoms with E-state index in [1.807, 2.05) is 0 Å². The molecule has 0 aromatic heterocycles. The van der Waals surface area contributed by atoms with Crippen molar-refractivity contribution in [2.24, 2.45) is 0 Å². The molecule has 8 heteroatoms. The molecule has 0 spiro atoms. The average molecular weight is 479 g/mol. The third-order valence-electron chi connectivity index (χ3n) is 4.14. The van der Waals surface area contributed by atoms with Crippen LogP contribution in [0.2, 0.25) is 0 Å². The Morgan fingerprint density at radius 1 is 0.514 bits per heavy atom. The van der Waals surface area contributed by atoms with Crippen LogP contribution in [-0.2, 0) is 0 Å². The summed E-state index contributed by atoms with van der Waals surface area (Å²) >= 11 is 0. The van der Waals surface area contributed by atoms with Crippen LogP contribution in [-0.4, -0.2) is 20.4 Å². The molecule has 0 aliphatic carbocycles. The van der Waals surface area contributed by atoms with E-state index in [9.17, 15) is 10.2 Å². The molecule has 0 unspecified atom stereocenters. The maximum atomic E-state index is 9.23. The van der Waals surface area contributed by atoms with Gasteiger partial charge in [0.1, 0.15) is 46.0 Å². The molecule has 0 aliphatic heterocycles. The first-order valence-electron chi connectivity index (χ1n) is 10.8. The zero-order valence-electron chi connectivity index (χ0n) is 19.6. The molecular weight excluding hydrogens is 448 g/mol. The highest BCUT2D eigenvalue weighted by Gasteiger charge is 2.02. The van der Waals surface area contributed by atoms with Crippen LogP contribution in [0.15, 0.2) is 84.9 Å². The van der Waals surface area contributed by atoms with Crippen molar-refractivity contribution in [2.45, 2.75) is 20.3 Å². The van der Waals surface area contributed by atoms with E-state index in [1.54, 1.807) is 36.4 Å². The first-order valence-corrected chi connectivity index (χ1v) is 10.8. The predicted octanol–water partition coefficient (Wildman–Crippen LogP) is 6.36. The molecule has 0 bridgehead atoms. The molecule has 0 amide bonds. The summed E-state index contributed by atoms with van der Waals surface area (Å²) in [4.78, 5) is 0. The van der Waals surface area contributed by atoms with Gasteiger partial charge >= 0.3 is 0 Å². The summed E-state index contributed by atoms with van der Waals surface area (Å²) in [5.41, 5.74) is 11.6. The van der Waals surface area contributed by atoms with Crippen LogP contribution < -0.4 is 20.9 Å². The number of rotatable bonds is 4. The number of hydrogen-bond acceptors (Lipinski definition) is 8. The second-order valence-corrected chi connectivity index (χ2v) is 7.34. The quantitative estimate of drug-likeness (QED) is 0.146. The van der Waals surface area contributed by atoms with Gasteiger partial charge in [-0.1, -0.05) is 20.3 Å². The van der Waals surface area contributed by atoms with Crippen molar-refractivity contribution in [1.29, 1.82) is 0 Å². The van der Waals surface area contributed by atoms with Crippen LogP contribution >= 0.6 is 0 Å². The Bertz CT molecular complexity index is 1100.